The molecule has 0 heterocycles. The highest BCUT2D eigenvalue weighted by Crippen LogP contribution is 2.45. The SMILES string of the molecule is CCCCCCCCCCCCCCCCCCCCCC(=O)OC[C@H](COP(=O)(O)OC[C@@H](O)COP(=O)(O)OC[C@@H](COC(=O)CCCCCCCCCCC)OC(=O)CCCCCCCCCCCCCCCC(C)C)OC(=O)CCCCCCCCCCCCCCCCCCCCC(C)C. The molecule has 0 saturated carbocycles. The maximum absolute atomic E-state index is 13.1. The number of hydrogen-bond acceptors (Lipinski definition) is 15. The van der Waals surface area contributed by atoms with Crippen LogP contribution >= 0.6 is 15.6 Å². The number of rotatable bonds is 85. The van der Waals surface area contributed by atoms with Crippen LogP contribution in [0.15, 0.2) is 0 Å². The molecule has 0 rings (SSSR count). The Morgan fingerprint density at radius 1 is 0.257 bits per heavy atom. The first-order valence-corrected chi connectivity index (χ1v) is 47.5. The maximum atomic E-state index is 13.1. The summed E-state index contributed by atoms with van der Waals surface area (Å²) in [4.78, 5) is 73.2. The number of unbranched alkanes of at least 4 members (excludes halogenated alkanes) is 55. The van der Waals surface area contributed by atoms with Crippen LogP contribution in [0.5, 0.6) is 0 Å². The summed E-state index contributed by atoms with van der Waals surface area (Å²) in [5.41, 5.74) is 0. The van der Waals surface area contributed by atoms with Gasteiger partial charge in [-0.15, -0.1) is 0 Å². The minimum absolute atomic E-state index is 0.108. The summed E-state index contributed by atoms with van der Waals surface area (Å²) in [6, 6.07) is 0. The maximum Gasteiger partial charge on any atom is 0.472 e. The lowest BCUT2D eigenvalue weighted by Crippen LogP contribution is -2.30. The first-order chi connectivity index (χ1) is 50.9. The van der Waals surface area contributed by atoms with Gasteiger partial charge in [-0.25, -0.2) is 9.13 Å². The van der Waals surface area contributed by atoms with Gasteiger partial charge in [0.1, 0.15) is 19.3 Å². The van der Waals surface area contributed by atoms with Gasteiger partial charge in [0.05, 0.1) is 26.4 Å². The Morgan fingerprint density at radius 2 is 0.438 bits per heavy atom. The molecule has 0 fully saturated rings. The van der Waals surface area contributed by atoms with Crippen LogP contribution in [-0.2, 0) is 65.4 Å². The molecule has 0 aliphatic heterocycles. The summed E-state index contributed by atoms with van der Waals surface area (Å²) in [5, 5.41) is 10.7. The molecule has 2 unspecified atom stereocenters. The van der Waals surface area contributed by atoms with Crippen molar-refractivity contribution in [3.05, 3.63) is 0 Å². The molecule has 3 N–H and O–H groups in total. The van der Waals surface area contributed by atoms with Crippen LogP contribution in [0.3, 0.4) is 0 Å². The van der Waals surface area contributed by atoms with E-state index in [-0.39, 0.29) is 25.7 Å². The molecule has 105 heavy (non-hydrogen) atoms. The zero-order valence-corrected chi connectivity index (χ0v) is 70.8. The molecule has 0 saturated heterocycles. The van der Waals surface area contributed by atoms with E-state index in [4.69, 9.17) is 37.0 Å². The van der Waals surface area contributed by atoms with Gasteiger partial charge in [-0.05, 0) is 37.5 Å². The molecule has 624 valence electrons. The zero-order chi connectivity index (χ0) is 77.1. The Kier molecular flexibility index (Phi) is 76.0. The van der Waals surface area contributed by atoms with Gasteiger partial charge in [-0.2, -0.15) is 0 Å². The molecule has 0 aromatic carbocycles. The van der Waals surface area contributed by atoms with Gasteiger partial charge < -0.3 is 33.8 Å². The van der Waals surface area contributed by atoms with Crippen molar-refractivity contribution in [2.45, 2.75) is 477 Å². The second-order valence-electron chi connectivity index (χ2n) is 31.9. The highest BCUT2D eigenvalue weighted by Gasteiger charge is 2.30. The molecule has 0 bridgehead atoms. The smallest absolute Gasteiger partial charge is 0.462 e. The fourth-order valence-corrected chi connectivity index (χ4v) is 15.0. The van der Waals surface area contributed by atoms with E-state index < -0.39 is 97.5 Å². The zero-order valence-electron chi connectivity index (χ0n) is 69.0. The standard InChI is InChI=1S/C86H168O17P2/c1-7-9-11-13-15-17-18-19-20-21-22-26-29-34-39-45-51-57-63-69-84(89)97-75-82(103-85(90)70-64-58-52-46-40-35-30-27-24-23-25-28-32-37-43-48-54-60-66-78(3)4)77-101-105(94,95)99-73-80(87)72-98-104(92,93)100-76-81(74-96-83(88)68-62-56-50-42-16-14-12-10-8-2)102-86(91)71-65-59-53-47-41-36-31-33-38-44-49-55-61-67-79(5)6/h78-82,87H,7-77H2,1-6H3,(H,92,93)(H,94,95)/t80-,81+,82+/m0/s1. The number of carbonyl (C=O) groups is 4. The first kappa shape index (κ1) is 103. The molecular formula is C86H168O17P2. The van der Waals surface area contributed by atoms with Gasteiger partial charge in [0.15, 0.2) is 12.2 Å². The lowest BCUT2D eigenvalue weighted by Gasteiger charge is -2.21. The Labute approximate surface area is 645 Å². The van der Waals surface area contributed by atoms with E-state index in [2.05, 4.69) is 41.5 Å². The number of phosphoric ester groups is 2. The second kappa shape index (κ2) is 77.4. The molecular weight excluding hydrogens is 1370 g/mol. The van der Waals surface area contributed by atoms with Crippen molar-refractivity contribution in [3.8, 4) is 0 Å². The molecule has 0 radical (unpaired) electrons. The summed E-state index contributed by atoms with van der Waals surface area (Å²) in [6.45, 7) is 9.71. The minimum atomic E-state index is -4.97. The number of esters is 4. The fourth-order valence-electron chi connectivity index (χ4n) is 13.4. The third kappa shape index (κ3) is 79.9. The van der Waals surface area contributed by atoms with Crippen LogP contribution in [0.1, 0.15) is 459 Å². The van der Waals surface area contributed by atoms with Crippen molar-refractivity contribution in [1.82, 2.24) is 0 Å². The Hall–Kier alpha value is -1.94. The number of aliphatic hydroxyl groups excluding tert-OH is 1. The Balaban J connectivity index is 5.21. The van der Waals surface area contributed by atoms with E-state index in [9.17, 15) is 43.2 Å². The van der Waals surface area contributed by atoms with Crippen LogP contribution in [0.2, 0.25) is 0 Å². The Morgan fingerprint density at radius 3 is 0.648 bits per heavy atom. The molecule has 0 aromatic rings. The largest absolute Gasteiger partial charge is 0.472 e. The predicted octanol–water partition coefficient (Wildman–Crippen LogP) is 26.2. The third-order valence-electron chi connectivity index (χ3n) is 20.2. The van der Waals surface area contributed by atoms with Gasteiger partial charge in [0.25, 0.3) is 0 Å². The van der Waals surface area contributed by atoms with Gasteiger partial charge >= 0.3 is 39.5 Å². The van der Waals surface area contributed by atoms with Crippen LogP contribution in [0.4, 0.5) is 0 Å². The number of aliphatic hydroxyl groups is 1. The molecule has 0 aliphatic carbocycles. The predicted molar refractivity (Wildman–Crippen MR) is 432 cm³/mol. The molecule has 0 aromatic heterocycles. The molecule has 19 heteroatoms. The molecule has 17 nitrogen and oxygen atoms in total. The fraction of sp³-hybridized carbons (Fsp3) is 0.953. The molecule has 0 aliphatic rings. The lowest BCUT2D eigenvalue weighted by molar-refractivity contribution is -0.161. The summed E-state index contributed by atoms with van der Waals surface area (Å²) in [5.74, 6) is -0.496. The number of ether oxygens (including phenoxy) is 4. The van der Waals surface area contributed by atoms with E-state index >= 15 is 0 Å². The van der Waals surface area contributed by atoms with Gasteiger partial charge in [0.2, 0.25) is 0 Å². The van der Waals surface area contributed by atoms with Crippen LogP contribution < -0.4 is 0 Å². The minimum Gasteiger partial charge on any atom is -0.462 e. The van der Waals surface area contributed by atoms with Crippen molar-refractivity contribution in [1.29, 1.82) is 0 Å². The van der Waals surface area contributed by atoms with Crippen molar-refractivity contribution in [2.24, 2.45) is 11.8 Å². The monoisotopic (exact) mass is 1540 g/mol. The van der Waals surface area contributed by atoms with E-state index in [1.807, 2.05) is 0 Å². The summed E-state index contributed by atoms with van der Waals surface area (Å²) < 4.78 is 68.8. The van der Waals surface area contributed by atoms with Gasteiger partial charge in [0, 0.05) is 25.7 Å². The van der Waals surface area contributed by atoms with Crippen molar-refractivity contribution in [2.75, 3.05) is 39.6 Å². The number of hydrogen-bond donors (Lipinski definition) is 3. The van der Waals surface area contributed by atoms with Crippen molar-refractivity contribution >= 4 is 39.5 Å². The lowest BCUT2D eigenvalue weighted by atomic mass is 10.0. The summed E-state index contributed by atoms with van der Waals surface area (Å²) in [6.07, 6.45) is 69.5. The van der Waals surface area contributed by atoms with Crippen molar-refractivity contribution < 1.29 is 80.2 Å². The van der Waals surface area contributed by atoms with Crippen molar-refractivity contribution in [3.63, 3.8) is 0 Å². The second-order valence-corrected chi connectivity index (χ2v) is 34.8. The number of carbonyl (C=O) groups excluding carboxylic acids is 4. The number of phosphoric acid groups is 2. The van der Waals surface area contributed by atoms with E-state index in [1.165, 1.54) is 276 Å². The van der Waals surface area contributed by atoms with Gasteiger partial charge in [-0.1, -0.05) is 408 Å². The first-order valence-electron chi connectivity index (χ1n) is 44.5. The van der Waals surface area contributed by atoms with Crippen LogP contribution in [0, 0.1) is 11.8 Å². The third-order valence-corrected chi connectivity index (χ3v) is 22.1. The molecule has 0 amide bonds. The normalized spacial score (nSPS) is 13.8. The van der Waals surface area contributed by atoms with Gasteiger partial charge in [-0.3, -0.25) is 37.3 Å². The molecule has 0 spiro atoms. The van der Waals surface area contributed by atoms with Crippen LogP contribution in [0.25, 0.3) is 0 Å². The van der Waals surface area contributed by atoms with E-state index in [0.29, 0.717) is 25.7 Å². The van der Waals surface area contributed by atoms with E-state index in [1.54, 1.807) is 0 Å². The molecule has 5 atom stereocenters. The average molecular weight is 1540 g/mol. The highest BCUT2D eigenvalue weighted by atomic mass is 31.2. The van der Waals surface area contributed by atoms with Crippen LogP contribution in [-0.4, -0.2) is 96.7 Å². The Bertz CT molecular complexity index is 2010. The topological polar surface area (TPSA) is 237 Å². The highest BCUT2D eigenvalue weighted by molar-refractivity contribution is 7.47. The summed E-state index contributed by atoms with van der Waals surface area (Å²) in [7, 11) is -9.92. The summed E-state index contributed by atoms with van der Waals surface area (Å²) >= 11 is 0. The quantitative estimate of drug-likeness (QED) is 0.0222. The van der Waals surface area contributed by atoms with E-state index in [0.717, 1.165) is 102 Å². The average Bonchev–Trinajstić information content (AvgIpc) is 0.928.